The van der Waals surface area contributed by atoms with Gasteiger partial charge in [0.15, 0.2) is 5.75 Å². The first-order valence-corrected chi connectivity index (χ1v) is 8.60. The van der Waals surface area contributed by atoms with Gasteiger partial charge in [0.1, 0.15) is 19.8 Å². The molecule has 0 atom stereocenters. The summed E-state index contributed by atoms with van der Waals surface area (Å²) < 4.78 is 10.4. The number of hydrogen-bond donors (Lipinski definition) is 2. The molecule has 0 bridgehead atoms. The number of para-hydroxylation sites is 1. The molecular formula is C18H18Cl2N2O4. The van der Waals surface area contributed by atoms with Gasteiger partial charge in [-0.05, 0) is 17.7 Å². The number of esters is 1. The van der Waals surface area contributed by atoms with E-state index in [1.165, 1.54) is 0 Å². The monoisotopic (exact) mass is 396 g/mol. The van der Waals surface area contributed by atoms with Crippen LogP contribution in [-0.4, -0.2) is 31.8 Å². The second-order valence-electron chi connectivity index (χ2n) is 5.14. The highest BCUT2D eigenvalue weighted by atomic mass is 35.5. The van der Waals surface area contributed by atoms with E-state index in [-0.39, 0.29) is 19.8 Å². The van der Waals surface area contributed by atoms with Crippen molar-refractivity contribution < 1.29 is 19.1 Å². The molecule has 2 aromatic rings. The Morgan fingerprint density at radius 2 is 1.58 bits per heavy atom. The molecular weight excluding hydrogens is 379 g/mol. The van der Waals surface area contributed by atoms with Crippen LogP contribution in [0.15, 0.2) is 48.5 Å². The SMILES string of the molecule is O=C(NCC(=O)OCCOc1c(Cl)cccc1Cl)NCc1ccccc1. The molecule has 26 heavy (non-hydrogen) atoms. The summed E-state index contributed by atoms with van der Waals surface area (Å²) in [5.41, 5.74) is 0.959. The minimum Gasteiger partial charge on any atom is -0.487 e. The molecule has 0 radical (unpaired) electrons. The standard InChI is InChI=1S/C18H18Cl2N2O4/c19-14-7-4-8-15(20)17(14)26-10-9-25-16(23)12-22-18(24)21-11-13-5-2-1-3-6-13/h1-8H,9-12H2,(H2,21,22,24). The number of halogens is 2. The third kappa shape index (κ3) is 6.82. The molecule has 0 aromatic heterocycles. The normalized spacial score (nSPS) is 10.1. The fraction of sp³-hybridized carbons (Fsp3) is 0.222. The van der Waals surface area contributed by atoms with Crippen LogP contribution < -0.4 is 15.4 Å². The molecule has 8 heteroatoms. The second-order valence-corrected chi connectivity index (χ2v) is 5.96. The van der Waals surface area contributed by atoms with Crippen molar-refractivity contribution in [2.45, 2.75) is 6.54 Å². The highest BCUT2D eigenvalue weighted by molar-refractivity contribution is 6.37. The molecule has 2 N–H and O–H groups in total. The smallest absolute Gasteiger partial charge is 0.325 e. The maximum atomic E-state index is 11.6. The van der Waals surface area contributed by atoms with Gasteiger partial charge in [0.05, 0.1) is 10.0 Å². The van der Waals surface area contributed by atoms with Gasteiger partial charge < -0.3 is 20.1 Å². The van der Waals surface area contributed by atoms with Crippen LogP contribution in [0.1, 0.15) is 5.56 Å². The number of ether oxygens (including phenoxy) is 2. The van der Waals surface area contributed by atoms with E-state index in [9.17, 15) is 9.59 Å². The minimum absolute atomic E-state index is 0.00764. The predicted molar refractivity (Wildman–Crippen MR) is 99.6 cm³/mol. The highest BCUT2D eigenvalue weighted by Gasteiger charge is 2.08. The van der Waals surface area contributed by atoms with E-state index in [2.05, 4.69) is 10.6 Å². The van der Waals surface area contributed by atoms with Gasteiger partial charge in [-0.2, -0.15) is 0 Å². The molecule has 0 unspecified atom stereocenters. The Labute approximate surface area is 161 Å². The highest BCUT2D eigenvalue weighted by Crippen LogP contribution is 2.32. The molecule has 0 saturated heterocycles. The molecule has 2 amide bonds. The Bertz CT molecular complexity index is 721. The summed E-state index contributed by atoms with van der Waals surface area (Å²) in [4.78, 5) is 23.2. The fourth-order valence-corrected chi connectivity index (χ4v) is 2.47. The van der Waals surface area contributed by atoms with E-state index in [4.69, 9.17) is 32.7 Å². The van der Waals surface area contributed by atoms with Crippen molar-refractivity contribution in [1.29, 1.82) is 0 Å². The van der Waals surface area contributed by atoms with E-state index < -0.39 is 12.0 Å². The van der Waals surface area contributed by atoms with Gasteiger partial charge in [-0.25, -0.2) is 4.79 Å². The third-order valence-electron chi connectivity index (χ3n) is 3.20. The van der Waals surface area contributed by atoms with Crippen molar-refractivity contribution in [3.05, 3.63) is 64.1 Å². The lowest BCUT2D eigenvalue weighted by atomic mass is 10.2. The van der Waals surface area contributed by atoms with Gasteiger partial charge in [0.2, 0.25) is 0 Å². The lowest BCUT2D eigenvalue weighted by molar-refractivity contribution is -0.143. The molecule has 0 heterocycles. The van der Waals surface area contributed by atoms with Crippen molar-refractivity contribution in [2.24, 2.45) is 0 Å². The number of hydrogen-bond acceptors (Lipinski definition) is 4. The zero-order valence-electron chi connectivity index (χ0n) is 13.8. The Kier molecular flexibility index (Phi) is 8.05. The van der Waals surface area contributed by atoms with Gasteiger partial charge in [-0.3, -0.25) is 4.79 Å². The summed E-state index contributed by atoms with van der Waals surface area (Å²) in [6.45, 7) is 0.227. The fourth-order valence-electron chi connectivity index (χ4n) is 1.96. The largest absolute Gasteiger partial charge is 0.487 e. The molecule has 0 aliphatic rings. The van der Waals surface area contributed by atoms with Gasteiger partial charge in [-0.15, -0.1) is 0 Å². The summed E-state index contributed by atoms with van der Waals surface area (Å²) in [6.07, 6.45) is 0. The molecule has 0 saturated carbocycles. The van der Waals surface area contributed by atoms with Crippen molar-refractivity contribution >= 4 is 35.2 Å². The lowest BCUT2D eigenvalue weighted by Gasteiger charge is -2.10. The van der Waals surface area contributed by atoms with E-state index in [1.54, 1.807) is 18.2 Å². The van der Waals surface area contributed by atoms with Crippen LogP contribution in [0.5, 0.6) is 5.75 Å². The first-order valence-electron chi connectivity index (χ1n) is 7.84. The zero-order chi connectivity index (χ0) is 18.8. The molecule has 0 aliphatic carbocycles. The van der Waals surface area contributed by atoms with Gasteiger partial charge in [0, 0.05) is 6.54 Å². The number of rotatable bonds is 8. The molecule has 6 nitrogen and oxygen atoms in total. The van der Waals surface area contributed by atoms with Crippen LogP contribution in [0.2, 0.25) is 10.0 Å². The first-order chi connectivity index (χ1) is 12.6. The Morgan fingerprint density at radius 3 is 2.27 bits per heavy atom. The average molecular weight is 397 g/mol. The Hall–Kier alpha value is -2.44. The first kappa shape index (κ1) is 19.9. The molecule has 2 aromatic carbocycles. The maximum Gasteiger partial charge on any atom is 0.325 e. The summed E-state index contributed by atoms with van der Waals surface area (Å²) in [5, 5.41) is 5.82. The molecule has 0 spiro atoms. The molecule has 0 fully saturated rings. The van der Waals surface area contributed by atoms with E-state index >= 15 is 0 Å². The summed E-state index contributed by atoms with van der Waals surface area (Å²) in [5.74, 6) is -0.237. The van der Waals surface area contributed by atoms with Crippen LogP contribution in [0.3, 0.4) is 0 Å². The maximum absolute atomic E-state index is 11.6. The van der Waals surface area contributed by atoms with Crippen molar-refractivity contribution in [2.75, 3.05) is 19.8 Å². The number of carbonyl (C=O) groups excluding carboxylic acids is 2. The van der Waals surface area contributed by atoms with E-state index in [1.807, 2.05) is 30.3 Å². The predicted octanol–water partition coefficient (Wildman–Crippen LogP) is 3.41. The van der Waals surface area contributed by atoms with Crippen molar-refractivity contribution in [3.63, 3.8) is 0 Å². The van der Waals surface area contributed by atoms with Gasteiger partial charge >= 0.3 is 12.0 Å². The summed E-state index contributed by atoms with van der Waals surface area (Å²) in [6, 6.07) is 14.0. The third-order valence-corrected chi connectivity index (χ3v) is 3.80. The van der Waals surface area contributed by atoms with Crippen LogP contribution in [0.4, 0.5) is 4.79 Å². The van der Waals surface area contributed by atoms with Crippen LogP contribution >= 0.6 is 23.2 Å². The number of carbonyl (C=O) groups is 2. The number of benzene rings is 2. The average Bonchev–Trinajstić information content (AvgIpc) is 2.64. The van der Waals surface area contributed by atoms with Crippen molar-refractivity contribution in [1.82, 2.24) is 10.6 Å². The second kappa shape index (κ2) is 10.5. The molecule has 0 aliphatic heterocycles. The van der Waals surface area contributed by atoms with E-state index in [0.29, 0.717) is 22.3 Å². The van der Waals surface area contributed by atoms with Crippen LogP contribution in [0, 0.1) is 0 Å². The van der Waals surface area contributed by atoms with Crippen LogP contribution in [-0.2, 0) is 16.1 Å². The van der Waals surface area contributed by atoms with Gasteiger partial charge in [-0.1, -0.05) is 59.6 Å². The number of amides is 2. The topological polar surface area (TPSA) is 76.7 Å². The molecule has 2 rings (SSSR count). The van der Waals surface area contributed by atoms with Gasteiger partial charge in [0.25, 0.3) is 0 Å². The Morgan fingerprint density at radius 1 is 0.885 bits per heavy atom. The molecule has 138 valence electrons. The minimum atomic E-state index is -0.575. The Balaban J connectivity index is 1.59. The zero-order valence-corrected chi connectivity index (χ0v) is 15.3. The quantitative estimate of drug-likeness (QED) is 0.529. The summed E-state index contributed by atoms with van der Waals surface area (Å²) >= 11 is 11.9. The van der Waals surface area contributed by atoms with Crippen molar-refractivity contribution in [3.8, 4) is 5.75 Å². The van der Waals surface area contributed by atoms with E-state index in [0.717, 1.165) is 5.56 Å². The van der Waals surface area contributed by atoms with Crippen LogP contribution in [0.25, 0.3) is 0 Å². The number of nitrogens with one attached hydrogen (secondary N) is 2. The number of urea groups is 1. The summed E-state index contributed by atoms with van der Waals surface area (Å²) in [7, 11) is 0. The lowest BCUT2D eigenvalue weighted by Crippen LogP contribution is -2.38.